The van der Waals surface area contributed by atoms with Crippen molar-refractivity contribution in [3.63, 3.8) is 0 Å². The van der Waals surface area contributed by atoms with Crippen molar-refractivity contribution in [3.05, 3.63) is 35.0 Å². The van der Waals surface area contributed by atoms with E-state index in [1.54, 1.807) is 0 Å². The molecule has 1 fully saturated rings. The summed E-state index contributed by atoms with van der Waals surface area (Å²) in [5.41, 5.74) is -0.0540. The van der Waals surface area contributed by atoms with Crippen LogP contribution in [-0.2, 0) is 5.60 Å². The van der Waals surface area contributed by atoms with Crippen LogP contribution in [0.25, 0.3) is 11.0 Å². The summed E-state index contributed by atoms with van der Waals surface area (Å²) < 4.78 is 5.88. The van der Waals surface area contributed by atoms with Crippen LogP contribution in [0.2, 0.25) is 5.02 Å². The van der Waals surface area contributed by atoms with E-state index in [0.29, 0.717) is 16.7 Å². The summed E-state index contributed by atoms with van der Waals surface area (Å²) >= 11 is 6.00. The van der Waals surface area contributed by atoms with Gasteiger partial charge in [0, 0.05) is 10.4 Å². The Morgan fingerprint density at radius 2 is 2.05 bits per heavy atom. The predicted molar refractivity (Wildman–Crippen MR) is 77.3 cm³/mol. The van der Waals surface area contributed by atoms with E-state index in [4.69, 9.17) is 16.0 Å². The molecule has 1 heterocycles. The van der Waals surface area contributed by atoms with Gasteiger partial charge in [-0.2, -0.15) is 0 Å². The molecule has 1 aromatic carbocycles. The number of hydrogen-bond acceptors (Lipinski definition) is 2. The zero-order valence-corrected chi connectivity index (χ0v) is 12.1. The van der Waals surface area contributed by atoms with Crippen molar-refractivity contribution < 1.29 is 9.52 Å². The second-order valence-corrected chi connectivity index (χ2v) is 6.44. The smallest absolute Gasteiger partial charge is 0.137 e. The lowest BCUT2D eigenvalue weighted by Crippen LogP contribution is -2.38. The van der Waals surface area contributed by atoms with Gasteiger partial charge in [0.25, 0.3) is 0 Å². The van der Waals surface area contributed by atoms with Gasteiger partial charge >= 0.3 is 0 Å². The average molecular weight is 279 g/mol. The fraction of sp³-hybridized carbons (Fsp3) is 0.500. The molecule has 3 rings (SSSR count). The van der Waals surface area contributed by atoms with Gasteiger partial charge in [0.05, 0.1) is 0 Å². The van der Waals surface area contributed by atoms with Crippen molar-refractivity contribution in [3.8, 4) is 0 Å². The van der Waals surface area contributed by atoms with Crippen molar-refractivity contribution in [2.45, 2.75) is 38.7 Å². The zero-order valence-electron chi connectivity index (χ0n) is 11.3. The number of halogens is 1. The Bertz CT molecular complexity index is 604. The first-order valence-electron chi connectivity index (χ1n) is 6.91. The van der Waals surface area contributed by atoms with E-state index in [2.05, 4.69) is 13.8 Å². The highest BCUT2D eigenvalue weighted by molar-refractivity contribution is 6.31. The Morgan fingerprint density at radius 1 is 1.26 bits per heavy atom. The summed E-state index contributed by atoms with van der Waals surface area (Å²) in [6.45, 7) is 4.29. The highest BCUT2D eigenvalue weighted by Crippen LogP contribution is 2.45. The van der Waals surface area contributed by atoms with Crippen LogP contribution in [-0.4, -0.2) is 5.11 Å². The Morgan fingerprint density at radius 3 is 2.84 bits per heavy atom. The SMILES string of the molecule is CC1CCC(C)C(O)(c2cc3cc(Cl)ccc3o2)C1. The molecule has 1 N–H and O–H groups in total. The third-order valence-corrected chi connectivity index (χ3v) is 4.71. The molecular weight excluding hydrogens is 260 g/mol. The van der Waals surface area contributed by atoms with Crippen LogP contribution in [0.5, 0.6) is 0 Å². The second-order valence-electron chi connectivity index (χ2n) is 6.00. The Kier molecular flexibility index (Phi) is 3.11. The highest BCUT2D eigenvalue weighted by atomic mass is 35.5. The van der Waals surface area contributed by atoms with Crippen LogP contribution in [0.15, 0.2) is 28.7 Å². The lowest BCUT2D eigenvalue weighted by Gasteiger charge is -2.39. The third-order valence-electron chi connectivity index (χ3n) is 4.47. The lowest BCUT2D eigenvalue weighted by atomic mass is 9.71. The molecule has 1 saturated carbocycles. The van der Waals surface area contributed by atoms with E-state index in [1.165, 1.54) is 6.42 Å². The molecule has 3 atom stereocenters. The molecule has 2 nitrogen and oxygen atoms in total. The number of furan rings is 1. The van der Waals surface area contributed by atoms with Crippen molar-refractivity contribution in [2.75, 3.05) is 0 Å². The van der Waals surface area contributed by atoms with Crippen LogP contribution in [0.4, 0.5) is 0 Å². The van der Waals surface area contributed by atoms with E-state index < -0.39 is 5.60 Å². The minimum atomic E-state index is -0.844. The van der Waals surface area contributed by atoms with Crippen molar-refractivity contribution in [2.24, 2.45) is 11.8 Å². The van der Waals surface area contributed by atoms with Gasteiger partial charge in [0.2, 0.25) is 0 Å². The number of rotatable bonds is 1. The Balaban J connectivity index is 2.06. The highest BCUT2D eigenvalue weighted by Gasteiger charge is 2.42. The number of fused-ring (bicyclic) bond motifs is 1. The molecule has 3 heteroatoms. The fourth-order valence-electron chi connectivity index (χ4n) is 3.18. The maximum absolute atomic E-state index is 11.0. The molecule has 0 aliphatic heterocycles. The van der Waals surface area contributed by atoms with E-state index in [9.17, 15) is 5.11 Å². The molecule has 3 unspecified atom stereocenters. The molecule has 2 aromatic rings. The quantitative estimate of drug-likeness (QED) is 0.818. The van der Waals surface area contributed by atoms with Gasteiger partial charge in [0.15, 0.2) is 0 Å². The zero-order chi connectivity index (χ0) is 13.6. The molecule has 1 aromatic heterocycles. The summed E-state index contributed by atoms with van der Waals surface area (Å²) in [5.74, 6) is 1.43. The van der Waals surface area contributed by atoms with Crippen LogP contribution in [0.3, 0.4) is 0 Å². The summed E-state index contributed by atoms with van der Waals surface area (Å²) in [6, 6.07) is 7.50. The molecule has 0 amide bonds. The predicted octanol–water partition coefficient (Wildman–Crippen LogP) is 4.73. The topological polar surface area (TPSA) is 33.4 Å². The molecule has 0 bridgehead atoms. The van der Waals surface area contributed by atoms with Gasteiger partial charge in [0.1, 0.15) is 16.9 Å². The fourth-order valence-corrected chi connectivity index (χ4v) is 3.36. The monoisotopic (exact) mass is 278 g/mol. The standard InChI is InChI=1S/C16H19ClO2/c1-10-3-4-11(2)16(18,9-10)15-8-12-7-13(17)5-6-14(12)19-15/h5-8,10-11,18H,3-4,9H2,1-2H3. The van der Waals surface area contributed by atoms with Crippen molar-refractivity contribution in [1.82, 2.24) is 0 Å². The molecule has 0 radical (unpaired) electrons. The van der Waals surface area contributed by atoms with E-state index in [-0.39, 0.29) is 5.92 Å². The normalized spacial score (nSPS) is 31.8. The molecule has 19 heavy (non-hydrogen) atoms. The first kappa shape index (κ1) is 13.0. The van der Waals surface area contributed by atoms with E-state index >= 15 is 0 Å². The van der Waals surface area contributed by atoms with Crippen LogP contribution >= 0.6 is 11.6 Å². The van der Waals surface area contributed by atoms with Crippen molar-refractivity contribution in [1.29, 1.82) is 0 Å². The van der Waals surface area contributed by atoms with Gasteiger partial charge in [-0.25, -0.2) is 0 Å². The Labute approximate surface area is 118 Å². The first-order chi connectivity index (χ1) is 8.99. The summed E-state index contributed by atoms with van der Waals surface area (Å²) in [5, 5.41) is 12.7. The third kappa shape index (κ3) is 2.17. The number of benzene rings is 1. The maximum Gasteiger partial charge on any atom is 0.137 e. The number of aliphatic hydroxyl groups is 1. The second kappa shape index (κ2) is 4.53. The summed E-state index contributed by atoms with van der Waals surface area (Å²) in [7, 11) is 0. The maximum atomic E-state index is 11.0. The van der Waals surface area contributed by atoms with Gasteiger partial charge < -0.3 is 9.52 Å². The summed E-state index contributed by atoms with van der Waals surface area (Å²) in [6.07, 6.45) is 2.98. The summed E-state index contributed by atoms with van der Waals surface area (Å²) in [4.78, 5) is 0. The van der Waals surface area contributed by atoms with Crippen LogP contribution < -0.4 is 0 Å². The van der Waals surface area contributed by atoms with E-state index in [0.717, 1.165) is 23.8 Å². The Hall–Kier alpha value is -0.990. The molecule has 1 aliphatic carbocycles. The average Bonchev–Trinajstić information content (AvgIpc) is 2.77. The molecule has 1 aliphatic rings. The minimum Gasteiger partial charge on any atom is -0.458 e. The van der Waals surface area contributed by atoms with Crippen LogP contribution in [0, 0.1) is 11.8 Å². The van der Waals surface area contributed by atoms with Crippen LogP contribution in [0.1, 0.15) is 38.9 Å². The number of hydrogen-bond donors (Lipinski definition) is 1. The van der Waals surface area contributed by atoms with Gasteiger partial charge in [-0.05, 0) is 48.9 Å². The van der Waals surface area contributed by atoms with E-state index in [1.807, 2.05) is 24.3 Å². The molecular formula is C16H19ClO2. The van der Waals surface area contributed by atoms with Gasteiger partial charge in [-0.3, -0.25) is 0 Å². The van der Waals surface area contributed by atoms with Gasteiger partial charge in [-0.1, -0.05) is 31.9 Å². The van der Waals surface area contributed by atoms with Crippen molar-refractivity contribution >= 4 is 22.6 Å². The molecule has 102 valence electrons. The minimum absolute atomic E-state index is 0.222. The first-order valence-corrected chi connectivity index (χ1v) is 7.29. The van der Waals surface area contributed by atoms with Gasteiger partial charge in [-0.15, -0.1) is 0 Å². The lowest BCUT2D eigenvalue weighted by molar-refractivity contribution is -0.0773. The largest absolute Gasteiger partial charge is 0.458 e. The molecule has 0 spiro atoms. The molecule has 0 saturated heterocycles.